The molecule has 2 N–H and O–H groups in total. The van der Waals surface area contributed by atoms with Crippen molar-refractivity contribution in [3.8, 4) is 0 Å². The van der Waals surface area contributed by atoms with Gasteiger partial charge in [-0.25, -0.2) is 0 Å². The smallest absolute Gasteiger partial charge is 0.0384 e. The Hall–Kier alpha value is -0.980. The molecular weight excluding hydrogens is 326 g/mol. The first-order valence-corrected chi connectivity index (χ1v) is 12.1. The van der Waals surface area contributed by atoms with Crippen LogP contribution in [0.3, 0.4) is 0 Å². The van der Waals surface area contributed by atoms with E-state index < -0.39 is 0 Å². The monoisotopic (exact) mass is 373 g/mol. The summed E-state index contributed by atoms with van der Waals surface area (Å²) >= 11 is 0. The van der Waals surface area contributed by atoms with E-state index in [0.29, 0.717) is 0 Å². The van der Waals surface area contributed by atoms with E-state index in [0.717, 1.165) is 0 Å². The topological polar surface area (TPSA) is 26.0 Å². The van der Waals surface area contributed by atoms with Crippen LogP contribution in [-0.2, 0) is 32.1 Å². The van der Waals surface area contributed by atoms with E-state index >= 15 is 0 Å². The first kappa shape index (κ1) is 24.1. The van der Waals surface area contributed by atoms with Crippen molar-refractivity contribution in [2.75, 3.05) is 5.73 Å². The van der Waals surface area contributed by atoms with Gasteiger partial charge in [-0.1, -0.05) is 66.7 Å². The predicted molar refractivity (Wildman–Crippen MR) is 124 cm³/mol. The van der Waals surface area contributed by atoms with Crippen molar-refractivity contribution >= 4 is 5.69 Å². The average Bonchev–Trinajstić information content (AvgIpc) is 2.68. The fourth-order valence-electron chi connectivity index (χ4n) is 4.30. The summed E-state index contributed by atoms with van der Waals surface area (Å²) in [6.07, 6.45) is 18.8. The van der Waals surface area contributed by atoms with E-state index in [2.05, 4.69) is 34.6 Å². The largest absolute Gasteiger partial charge is 0.398 e. The summed E-state index contributed by atoms with van der Waals surface area (Å²) in [6, 6.07) is 0. The minimum absolute atomic E-state index is 1.17. The van der Waals surface area contributed by atoms with E-state index in [1.807, 2.05) is 0 Å². The average molecular weight is 374 g/mol. The zero-order chi connectivity index (χ0) is 20.1. The maximum absolute atomic E-state index is 6.91. The maximum atomic E-state index is 6.91. The highest BCUT2D eigenvalue weighted by molar-refractivity contribution is 5.64. The molecule has 0 saturated heterocycles. The van der Waals surface area contributed by atoms with E-state index in [4.69, 9.17) is 5.73 Å². The Bertz CT molecular complexity index is 488. The van der Waals surface area contributed by atoms with Crippen LogP contribution in [-0.4, -0.2) is 0 Å². The molecule has 1 rings (SSSR count). The summed E-state index contributed by atoms with van der Waals surface area (Å²) < 4.78 is 0. The molecule has 27 heavy (non-hydrogen) atoms. The second-order valence-electron chi connectivity index (χ2n) is 8.32. The Morgan fingerprint density at radius 1 is 0.407 bits per heavy atom. The Morgan fingerprint density at radius 3 is 0.889 bits per heavy atom. The van der Waals surface area contributed by atoms with Gasteiger partial charge in [-0.3, -0.25) is 0 Å². The highest BCUT2D eigenvalue weighted by atomic mass is 14.6. The number of nitrogen functional groups attached to an aromatic ring is 1. The van der Waals surface area contributed by atoms with Gasteiger partial charge in [-0.2, -0.15) is 0 Å². The van der Waals surface area contributed by atoms with Crippen LogP contribution >= 0.6 is 0 Å². The lowest BCUT2D eigenvalue weighted by Gasteiger charge is -2.26. The van der Waals surface area contributed by atoms with Gasteiger partial charge in [0.15, 0.2) is 0 Å². The summed E-state index contributed by atoms with van der Waals surface area (Å²) in [6.45, 7) is 11.6. The molecule has 0 bridgehead atoms. The molecule has 0 atom stereocenters. The Balaban J connectivity index is 3.57. The molecule has 0 spiro atoms. The number of rotatable bonds is 15. The second kappa shape index (κ2) is 14.1. The number of benzene rings is 1. The standard InChI is InChI=1S/C26H47N/c1-6-11-16-21-22(17-12-7-2)24(19-14-9-4)26(27)25(20-15-10-5)23(21)18-13-8-3/h6-20,27H2,1-5H3. The van der Waals surface area contributed by atoms with Gasteiger partial charge >= 0.3 is 0 Å². The van der Waals surface area contributed by atoms with Crippen LogP contribution < -0.4 is 5.73 Å². The lowest BCUT2D eigenvalue weighted by molar-refractivity contribution is 0.706. The van der Waals surface area contributed by atoms with Gasteiger partial charge in [0, 0.05) is 5.69 Å². The summed E-state index contributed by atoms with van der Waals surface area (Å²) in [4.78, 5) is 0. The fourth-order valence-corrected chi connectivity index (χ4v) is 4.30. The van der Waals surface area contributed by atoms with Crippen LogP contribution in [0.2, 0.25) is 0 Å². The van der Waals surface area contributed by atoms with Crippen LogP contribution in [0.5, 0.6) is 0 Å². The number of hydrogen-bond acceptors (Lipinski definition) is 1. The van der Waals surface area contributed by atoms with E-state index in [1.165, 1.54) is 113 Å². The molecule has 0 aliphatic heterocycles. The van der Waals surface area contributed by atoms with Crippen molar-refractivity contribution in [2.24, 2.45) is 0 Å². The lowest BCUT2D eigenvalue weighted by Crippen LogP contribution is -2.14. The Kier molecular flexibility index (Phi) is 12.5. The Morgan fingerprint density at radius 2 is 0.630 bits per heavy atom. The highest BCUT2D eigenvalue weighted by Crippen LogP contribution is 2.36. The van der Waals surface area contributed by atoms with Gasteiger partial charge < -0.3 is 5.73 Å². The van der Waals surface area contributed by atoms with Crippen molar-refractivity contribution in [3.05, 3.63) is 27.8 Å². The molecule has 1 heteroatoms. The van der Waals surface area contributed by atoms with Gasteiger partial charge in [-0.05, 0) is 92.0 Å². The predicted octanol–water partition coefficient (Wildman–Crippen LogP) is 7.98. The number of hydrogen-bond donors (Lipinski definition) is 1. The summed E-state index contributed by atoms with van der Waals surface area (Å²) in [5.41, 5.74) is 16.2. The zero-order valence-electron chi connectivity index (χ0n) is 19.2. The SMILES string of the molecule is CCCCc1c(N)c(CCCC)c(CCCC)c(CCCC)c1CCCC. The van der Waals surface area contributed by atoms with Gasteiger partial charge in [0.05, 0.1) is 0 Å². The van der Waals surface area contributed by atoms with Crippen LogP contribution in [0.25, 0.3) is 0 Å². The van der Waals surface area contributed by atoms with Crippen molar-refractivity contribution in [2.45, 2.75) is 131 Å². The molecule has 0 radical (unpaired) electrons. The van der Waals surface area contributed by atoms with E-state index in [9.17, 15) is 0 Å². The third kappa shape index (κ3) is 7.16. The van der Waals surface area contributed by atoms with Gasteiger partial charge in [0.25, 0.3) is 0 Å². The molecular formula is C26H47N. The van der Waals surface area contributed by atoms with Crippen LogP contribution in [0.4, 0.5) is 5.69 Å². The van der Waals surface area contributed by atoms with Crippen molar-refractivity contribution in [3.63, 3.8) is 0 Å². The molecule has 156 valence electrons. The molecule has 0 saturated carbocycles. The van der Waals surface area contributed by atoms with Crippen LogP contribution in [0.1, 0.15) is 127 Å². The summed E-state index contributed by atoms with van der Waals surface area (Å²) in [7, 11) is 0. The Labute approximate surface area is 170 Å². The number of anilines is 1. The van der Waals surface area contributed by atoms with Crippen LogP contribution in [0.15, 0.2) is 0 Å². The molecule has 0 heterocycles. The van der Waals surface area contributed by atoms with Crippen molar-refractivity contribution in [1.82, 2.24) is 0 Å². The first-order valence-electron chi connectivity index (χ1n) is 12.1. The van der Waals surface area contributed by atoms with Crippen molar-refractivity contribution in [1.29, 1.82) is 0 Å². The molecule has 1 aromatic carbocycles. The molecule has 0 amide bonds. The number of unbranched alkanes of at least 4 members (excludes halogenated alkanes) is 5. The molecule has 0 aromatic heterocycles. The normalized spacial score (nSPS) is 11.3. The third-order valence-corrected chi connectivity index (χ3v) is 6.01. The molecule has 1 aromatic rings. The first-order chi connectivity index (χ1) is 13.2. The van der Waals surface area contributed by atoms with Crippen LogP contribution in [0, 0.1) is 0 Å². The van der Waals surface area contributed by atoms with Crippen molar-refractivity contribution < 1.29 is 0 Å². The molecule has 0 unspecified atom stereocenters. The highest BCUT2D eigenvalue weighted by Gasteiger charge is 2.21. The molecule has 1 nitrogen and oxygen atoms in total. The molecule has 0 aliphatic rings. The van der Waals surface area contributed by atoms with Gasteiger partial charge in [0.1, 0.15) is 0 Å². The van der Waals surface area contributed by atoms with E-state index in [1.54, 1.807) is 16.7 Å². The summed E-state index contributed by atoms with van der Waals surface area (Å²) in [5, 5.41) is 0. The second-order valence-corrected chi connectivity index (χ2v) is 8.32. The summed E-state index contributed by atoms with van der Waals surface area (Å²) in [5.74, 6) is 0. The maximum Gasteiger partial charge on any atom is 0.0384 e. The van der Waals surface area contributed by atoms with E-state index in [-0.39, 0.29) is 0 Å². The minimum atomic E-state index is 1.17. The fraction of sp³-hybridized carbons (Fsp3) is 0.769. The van der Waals surface area contributed by atoms with Gasteiger partial charge in [-0.15, -0.1) is 0 Å². The number of nitrogens with two attached hydrogens (primary N) is 1. The quantitative estimate of drug-likeness (QED) is 0.310. The van der Waals surface area contributed by atoms with Gasteiger partial charge in [0.2, 0.25) is 0 Å². The molecule has 0 fully saturated rings. The minimum Gasteiger partial charge on any atom is -0.398 e. The third-order valence-electron chi connectivity index (χ3n) is 6.01. The molecule has 0 aliphatic carbocycles. The zero-order valence-corrected chi connectivity index (χ0v) is 19.2. The lowest BCUT2D eigenvalue weighted by atomic mass is 9.81.